The molecule has 1 N–H and O–H groups in total. The first-order chi connectivity index (χ1) is 16.8. The van der Waals surface area contributed by atoms with Gasteiger partial charge in [0.25, 0.3) is 5.91 Å². The van der Waals surface area contributed by atoms with E-state index in [1.165, 1.54) is 23.5 Å². The Morgan fingerprint density at radius 3 is 2.69 bits per heavy atom. The fourth-order valence-corrected chi connectivity index (χ4v) is 5.45. The summed E-state index contributed by atoms with van der Waals surface area (Å²) in [6, 6.07) is 18.3. The molecule has 0 saturated carbocycles. The van der Waals surface area contributed by atoms with Crippen molar-refractivity contribution >= 4 is 38.5 Å². The van der Waals surface area contributed by atoms with Crippen LogP contribution in [0.15, 0.2) is 72.9 Å². The second kappa shape index (κ2) is 9.05. The minimum Gasteiger partial charge on any atom is -0.322 e. The molecule has 2 aromatic heterocycles. The number of anilines is 2. The molecule has 0 aliphatic carbocycles. The molecular formula is C25H22FN5O3S. The SMILES string of the molecule is CN1CCCN(c2ccc(C(=O)Nc3cccc(-c4ccc5ncccc5n4)c3)c(F)c2)S1(=O)=O. The van der Waals surface area contributed by atoms with Crippen LogP contribution in [0.1, 0.15) is 16.8 Å². The lowest BCUT2D eigenvalue weighted by atomic mass is 10.1. The van der Waals surface area contributed by atoms with Gasteiger partial charge in [-0.05, 0) is 61.0 Å². The lowest BCUT2D eigenvalue weighted by Gasteiger charge is -2.33. The number of pyridine rings is 2. The average Bonchev–Trinajstić information content (AvgIpc) is 2.85. The number of carbonyl (C=O) groups is 1. The van der Waals surface area contributed by atoms with Crippen molar-refractivity contribution in [3.8, 4) is 11.3 Å². The molecule has 3 heterocycles. The van der Waals surface area contributed by atoms with Crippen LogP contribution in [-0.2, 0) is 10.2 Å². The fourth-order valence-electron chi connectivity index (χ4n) is 4.01. The maximum atomic E-state index is 14.9. The van der Waals surface area contributed by atoms with E-state index >= 15 is 0 Å². The van der Waals surface area contributed by atoms with E-state index in [1.807, 2.05) is 30.3 Å². The Morgan fingerprint density at radius 2 is 1.86 bits per heavy atom. The molecule has 0 unspecified atom stereocenters. The van der Waals surface area contributed by atoms with Crippen LogP contribution in [0.3, 0.4) is 0 Å². The topological polar surface area (TPSA) is 95.5 Å². The van der Waals surface area contributed by atoms with Crippen LogP contribution in [0.25, 0.3) is 22.3 Å². The van der Waals surface area contributed by atoms with Crippen molar-refractivity contribution in [1.82, 2.24) is 14.3 Å². The first kappa shape index (κ1) is 22.9. The van der Waals surface area contributed by atoms with Crippen molar-refractivity contribution in [3.63, 3.8) is 0 Å². The molecule has 0 bridgehead atoms. The molecule has 1 fully saturated rings. The highest BCUT2D eigenvalue weighted by Crippen LogP contribution is 2.27. The van der Waals surface area contributed by atoms with Crippen molar-refractivity contribution < 1.29 is 17.6 Å². The molecule has 8 nitrogen and oxygen atoms in total. The molecule has 1 amide bonds. The molecule has 178 valence electrons. The largest absolute Gasteiger partial charge is 0.322 e. The van der Waals surface area contributed by atoms with E-state index in [1.54, 1.807) is 24.4 Å². The Kier molecular flexibility index (Phi) is 5.91. The summed E-state index contributed by atoms with van der Waals surface area (Å²) >= 11 is 0. The second-order valence-electron chi connectivity index (χ2n) is 8.19. The molecule has 0 radical (unpaired) electrons. The number of rotatable bonds is 4. The first-order valence-corrected chi connectivity index (χ1v) is 12.4. The molecule has 5 rings (SSSR count). The number of halogens is 1. The van der Waals surface area contributed by atoms with E-state index in [9.17, 15) is 17.6 Å². The highest BCUT2D eigenvalue weighted by Gasteiger charge is 2.31. The number of amides is 1. The maximum absolute atomic E-state index is 14.9. The average molecular weight is 492 g/mol. The summed E-state index contributed by atoms with van der Waals surface area (Å²) in [6.07, 6.45) is 2.33. The standard InChI is InChI=1S/C25H22FN5O3S/c1-30-13-4-14-31(35(30,33)34)19-8-9-20(21(26)16-19)25(32)28-18-6-2-5-17(15-18)22-10-11-23-24(29-22)7-3-12-27-23/h2-3,5-12,15-16H,4,13-14H2,1H3,(H,28,32). The number of carbonyl (C=O) groups excluding carboxylic acids is 1. The minimum absolute atomic E-state index is 0.184. The quantitative estimate of drug-likeness (QED) is 0.464. The molecule has 35 heavy (non-hydrogen) atoms. The summed E-state index contributed by atoms with van der Waals surface area (Å²) in [4.78, 5) is 21.7. The number of fused-ring (bicyclic) bond motifs is 1. The van der Waals surface area contributed by atoms with Gasteiger partial charge in [-0.2, -0.15) is 12.7 Å². The number of hydrogen-bond donors (Lipinski definition) is 1. The van der Waals surface area contributed by atoms with Gasteiger partial charge in [0.2, 0.25) is 0 Å². The molecule has 1 aliphatic rings. The summed E-state index contributed by atoms with van der Waals surface area (Å²) in [5.74, 6) is -1.44. The fraction of sp³-hybridized carbons (Fsp3) is 0.160. The number of aromatic nitrogens is 2. The lowest BCUT2D eigenvalue weighted by molar-refractivity contribution is 0.102. The molecule has 1 saturated heterocycles. The van der Waals surface area contributed by atoms with Crippen LogP contribution < -0.4 is 9.62 Å². The summed E-state index contributed by atoms with van der Waals surface area (Å²) in [6.45, 7) is 0.663. The van der Waals surface area contributed by atoms with Gasteiger partial charge in [0.1, 0.15) is 5.82 Å². The number of nitrogens with one attached hydrogen (secondary N) is 1. The summed E-state index contributed by atoms with van der Waals surface area (Å²) in [7, 11) is -2.22. The lowest BCUT2D eigenvalue weighted by Crippen LogP contribution is -2.48. The zero-order chi connectivity index (χ0) is 24.6. The van der Waals surface area contributed by atoms with Gasteiger partial charge < -0.3 is 5.32 Å². The van der Waals surface area contributed by atoms with Gasteiger partial charge in [-0.15, -0.1) is 0 Å². The van der Waals surface area contributed by atoms with E-state index in [2.05, 4.69) is 15.3 Å². The summed E-state index contributed by atoms with van der Waals surface area (Å²) in [5, 5.41) is 2.71. The van der Waals surface area contributed by atoms with Crippen LogP contribution >= 0.6 is 0 Å². The first-order valence-electron chi connectivity index (χ1n) is 11.0. The molecule has 0 spiro atoms. The van der Waals surface area contributed by atoms with E-state index < -0.39 is 21.9 Å². The predicted molar refractivity (Wildman–Crippen MR) is 133 cm³/mol. The smallest absolute Gasteiger partial charge is 0.303 e. The van der Waals surface area contributed by atoms with Crippen LogP contribution in [0, 0.1) is 5.82 Å². The molecule has 0 atom stereocenters. The predicted octanol–water partition coefficient (Wildman–Crippen LogP) is 4.07. The molecule has 4 aromatic rings. The van der Waals surface area contributed by atoms with Gasteiger partial charge in [-0.1, -0.05) is 12.1 Å². The van der Waals surface area contributed by atoms with Crippen molar-refractivity contribution in [2.45, 2.75) is 6.42 Å². The third-order valence-electron chi connectivity index (χ3n) is 5.86. The van der Waals surface area contributed by atoms with E-state index in [0.717, 1.165) is 27.0 Å². The summed E-state index contributed by atoms with van der Waals surface area (Å²) in [5.41, 5.74) is 3.51. The van der Waals surface area contributed by atoms with Gasteiger partial charge in [0.15, 0.2) is 0 Å². The second-order valence-corrected chi connectivity index (χ2v) is 10.2. The highest BCUT2D eigenvalue weighted by atomic mass is 32.2. The van der Waals surface area contributed by atoms with Gasteiger partial charge in [0.05, 0.1) is 28.0 Å². The number of benzene rings is 2. The normalized spacial score (nSPS) is 15.8. The van der Waals surface area contributed by atoms with Crippen LogP contribution in [0.4, 0.5) is 15.8 Å². The Balaban J connectivity index is 1.37. The summed E-state index contributed by atoms with van der Waals surface area (Å²) < 4.78 is 42.4. The third kappa shape index (κ3) is 4.45. The Labute approximate surface area is 202 Å². The van der Waals surface area contributed by atoms with E-state index in [4.69, 9.17) is 0 Å². The molecule has 2 aromatic carbocycles. The minimum atomic E-state index is -3.71. The maximum Gasteiger partial charge on any atom is 0.303 e. The number of hydrogen-bond acceptors (Lipinski definition) is 5. The van der Waals surface area contributed by atoms with Crippen molar-refractivity contribution in [1.29, 1.82) is 0 Å². The Hall–Kier alpha value is -3.89. The van der Waals surface area contributed by atoms with Gasteiger partial charge >= 0.3 is 10.2 Å². The molecular weight excluding hydrogens is 469 g/mol. The molecule has 1 aliphatic heterocycles. The Morgan fingerprint density at radius 1 is 1.00 bits per heavy atom. The zero-order valence-corrected chi connectivity index (χ0v) is 19.7. The zero-order valence-electron chi connectivity index (χ0n) is 18.8. The van der Waals surface area contributed by atoms with Gasteiger partial charge in [-0.25, -0.2) is 9.37 Å². The van der Waals surface area contributed by atoms with Gasteiger partial charge in [0, 0.05) is 37.6 Å². The van der Waals surface area contributed by atoms with Gasteiger partial charge in [-0.3, -0.25) is 14.1 Å². The van der Waals surface area contributed by atoms with E-state index in [0.29, 0.717) is 24.3 Å². The van der Waals surface area contributed by atoms with Crippen LogP contribution in [0.2, 0.25) is 0 Å². The monoisotopic (exact) mass is 491 g/mol. The molecule has 10 heteroatoms. The highest BCUT2D eigenvalue weighted by molar-refractivity contribution is 7.90. The van der Waals surface area contributed by atoms with Crippen LogP contribution in [0.5, 0.6) is 0 Å². The number of nitrogens with zero attached hydrogens (tertiary/aromatic N) is 4. The Bertz CT molecular complexity index is 1540. The van der Waals surface area contributed by atoms with Crippen molar-refractivity contribution in [2.75, 3.05) is 29.8 Å². The van der Waals surface area contributed by atoms with Crippen molar-refractivity contribution in [3.05, 3.63) is 84.3 Å². The van der Waals surface area contributed by atoms with Crippen LogP contribution in [-0.4, -0.2) is 48.7 Å². The third-order valence-corrected chi connectivity index (χ3v) is 7.78. The van der Waals surface area contributed by atoms with E-state index in [-0.39, 0.29) is 17.8 Å². The van der Waals surface area contributed by atoms with Crippen molar-refractivity contribution in [2.24, 2.45) is 0 Å².